The summed E-state index contributed by atoms with van der Waals surface area (Å²) in [5.74, 6) is 1.17. The van der Waals surface area contributed by atoms with Gasteiger partial charge >= 0.3 is 0 Å². The number of thiophene rings is 1. The largest absolute Gasteiger partial charge is 0.484 e. The van der Waals surface area contributed by atoms with Crippen LogP contribution in [0.1, 0.15) is 30.2 Å². The van der Waals surface area contributed by atoms with Crippen LogP contribution in [-0.4, -0.2) is 18.7 Å². The molecule has 0 atom stereocenters. The van der Waals surface area contributed by atoms with Gasteiger partial charge in [0.2, 0.25) is 0 Å². The van der Waals surface area contributed by atoms with Crippen molar-refractivity contribution in [2.45, 2.75) is 38.2 Å². The van der Waals surface area contributed by atoms with Crippen molar-refractivity contribution >= 4 is 11.3 Å². The first-order valence-corrected chi connectivity index (χ1v) is 6.64. The first kappa shape index (κ1) is 9.67. The van der Waals surface area contributed by atoms with Gasteiger partial charge in [0.25, 0.3) is 0 Å². The fourth-order valence-corrected chi connectivity index (χ4v) is 3.41. The normalized spacial score (nSPS) is 23.0. The number of fused-ring (bicyclic) bond motifs is 1. The van der Waals surface area contributed by atoms with Crippen molar-refractivity contribution < 1.29 is 4.74 Å². The van der Waals surface area contributed by atoms with Crippen LogP contribution in [0.5, 0.6) is 5.75 Å². The van der Waals surface area contributed by atoms with Crippen LogP contribution in [0.2, 0.25) is 0 Å². The fourth-order valence-electron chi connectivity index (χ4n) is 2.36. The highest BCUT2D eigenvalue weighted by Crippen LogP contribution is 2.37. The Labute approximate surface area is 94.6 Å². The van der Waals surface area contributed by atoms with E-state index in [1.165, 1.54) is 37.0 Å². The molecule has 82 valence electrons. The minimum atomic E-state index is 0.0479. The standard InChI is InChI=1S/C12H17NOS/c1-12(7-13-8-12)14-10-6-15-11-5-3-2-4-9(10)11/h6,13H,2-5,7-8H2,1H3. The average Bonchev–Trinajstić information content (AvgIpc) is 2.60. The Morgan fingerprint density at radius 2 is 2.13 bits per heavy atom. The Morgan fingerprint density at radius 3 is 2.87 bits per heavy atom. The van der Waals surface area contributed by atoms with Crippen LogP contribution in [0, 0.1) is 0 Å². The van der Waals surface area contributed by atoms with E-state index in [0.29, 0.717) is 0 Å². The van der Waals surface area contributed by atoms with Gasteiger partial charge in [0, 0.05) is 28.9 Å². The zero-order chi connectivity index (χ0) is 10.3. The number of ether oxygens (including phenoxy) is 1. The molecule has 2 heterocycles. The summed E-state index contributed by atoms with van der Waals surface area (Å²) in [5.41, 5.74) is 1.55. The Morgan fingerprint density at radius 1 is 1.33 bits per heavy atom. The second-order valence-electron chi connectivity index (χ2n) is 4.86. The summed E-state index contributed by atoms with van der Waals surface area (Å²) < 4.78 is 6.12. The van der Waals surface area contributed by atoms with Crippen LogP contribution in [0.4, 0.5) is 0 Å². The first-order valence-electron chi connectivity index (χ1n) is 5.76. The molecular weight excluding hydrogens is 206 g/mol. The molecule has 2 nitrogen and oxygen atoms in total. The van der Waals surface area contributed by atoms with Gasteiger partial charge in [-0.05, 0) is 32.6 Å². The van der Waals surface area contributed by atoms with E-state index >= 15 is 0 Å². The maximum atomic E-state index is 6.12. The zero-order valence-electron chi connectivity index (χ0n) is 9.14. The monoisotopic (exact) mass is 223 g/mol. The summed E-state index contributed by atoms with van der Waals surface area (Å²) in [6.07, 6.45) is 5.16. The summed E-state index contributed by atoms with van der Waals surface area (Å²) in [7, 11) is 0. The van der Waals surface area contributed by atoms with Crippen LogP contribution in [0.15, 0.2) is 5.38 Å². The van der Waals surface area contributed by atoms with Gasteiger partial charge in [0.1, 0.15) is 11.4 Å². The number of aryl methyl sites for hydroxylation is 1. The molecule has 15 heavy (non-hydrogen) atoms. The molecule has 2 aliphatic rings. The third-order valence-electron chi connectivity index (χ3n) is 3.38. The van der Waals surface area contributed by atoms with Crippen molar-refractivity contribution in [2.75, 3.05) is 13.1 Å². The Balaban J connectivity index is 1.82. The van der Waals surface area contributed by atoms with E-state index in [0.717, 1.165) is 13.1 Å². The predicted octanol–water partition coefficient (Wildman–Crippen LogP) is 2.37. The van der Waals surface area contributed by atoms with Gasteiger partial charge in [-0.15, -0.1) is 11.3 Å². The van der Waals surface area contributed by atoms with E-state index in [1.807, 2.05) is 11.3 Å². The summed E-state index contributed by atoms with van der Waals surface area (Å²) in [5, 5.41) is 5.48. The first-order chi connectivity index (χ1) is 7.27. The van der Waals surface area contributed by atoms with Crippen molar-refractivity contribution in [3.63, 3.8) is 0 Å². The molecule has 0 saturated carbocycles. The minimum absolute atomic E-state index is 0.0479. The van der Waals surface area contributed by atoms with E-state index in [4.69, 9.17) is 4.74 Å². The molecule has 3 rings (SSSR count). The Hall–Kier alpha value is -0.540. The van der Waals surface area contributed by atoms with Gasteiger partial charge < -0.3 is 10.1 Å². The second kappa shape index (κ2) is 3.49. The molecule has 0 unspecified atom stereocenters. The number of hydrogen-bond donors (Lipinski definition) is 1. The van der Waals surface area contributed by atoms with Gasteiger partial charge in [-0.2, -0.15) is 0 Å². The topological polar surface area (TPSA) is 21.3 Å². The highest BCUT2D eigenvalue weighted by molar-refractivity contribution is 7.10. The predicted molar refractivity (Wildman–Crippen MR) is 62.9 cm³/mol. The number of rotatable bonds is 2. The van der Waals surface area contributed by atoms with Crippen LogP contribution in [0.25, 0.3) is 0 Å². The third kappa shape index (κ3) is 1.68. The fraction of sp³-hybridized carbons (Fsp3) is 0.667. The molecule has 0 aromatic carbocycles. The lowest BCUT2D eigenvalue weighted by Crippen LogP contribution is -2.61. The molecule has 1 aliphatic carbocycles. The lowest BCUT2D eigenvalue weighted by molar-refractivity contribution is 0.0343. The van der Waals surface area contributed by atoms with Gasteiger partial charge in [-0.3, -0.25) is 0 Å². The van der Waals surface area contributed by atoms with E-state index in [-0.39, 0.29) is 5.60 Å². The molecule has 1 saturated heterocycles. The van der Waals surface area contributed by atoms with Gasteiger partial charge in [-0.25, -0.2) is 0 Å². The lowest BCUT2D eigenvalue weighted by atomic mass is 9.97. The minimum Gasteiger partial charge on any atom is -0.484 e. The number of nitrogens with one attached hydrogen (secondary N) is 1. The van der Waals surface area contributed by atoms with Gasteiger partial charge in [-0.1, -0.05) is 0 Å². The van der Waals surface area contributed by atoms with Crippen LogP contribution >= 0.6 is 11.3 Å². The maximum absolute atomic E-state index is 6.12. The SMILES string of the molecule is CC1(Oc2csc3c2CCCC3)CNC1. The van der Waals surface area contributed by atoms with Crippen molar-refractivity contribution in [2.24, 2.45) is 0 Å². The quantitative estimate of drug-likeness (QED) is 0.831. The Bertz CT molecular complexity index is 368. The second-order valence-corrected chi connectivity index (χ2v) is 5.83. The third-order valence-corrected chi connectivity index (χ3v) is 4.44. The van der Waals surface area contributed by atoms with Crippen molar-refractivity contribution in [3.8, 4) is 5.75 Å². The highest BCUT2D eigenvalue weighted by Gasteiger charge is 2.35. The van der Waals surface area contributed by atoms with E-state index in [2.05, 4.69) is 17.6 Å². The van der Waals surface area contributed by atoms with E-state index in [1.54, 1.807) is 4.88 Å². The number of hydrogen-bond acceptors (Lipinski definition) is 3. The Kier molecular flexibility index (Phi) is 2.25. The molecule has 3 heteroatoms. The van der Waals surface area contributed by atoms with E-state index < -0.39 is 0 Å². The van der Waals surface area contributed by atoms with Crippen LogP contribution in [0.3, 0.4) is 0 Å². The molecule has 1 aliphatic heterocycles. The molecule has 0 radical (unpaired) electrons. The molecule has 1 aromatic heterocycles. The van der Waals surface area contributed by atoms with Crippen molar-refractivity contribution in [3.05, 3.63) is 15.8 Å². The molecule has 1 fully saturated rings. The zero-order valence-corrected chi connectivity index (χ0v) is 9.95. The average molecular weight is 223 g/mol. The molecule has 1 aromatic rings. The molecular formula is C12H17NOS. The maximum Gasteiger partial charge on any atom is 0.134 e. The molecule has 1 N–H and O–H groups in total. The van der Waals surface area contributed by atoms with E-state index in [9.17, 15) is 0 Å². The smallest absolute Gasteiger partial charge is 0.134 e. The van der Waals surface area contributed by atoms with Gasteiger partial charge in [0.15, 0.2) is 0 Å². The summed E-state index contributed by atoms with van der Waals surface area (Å²) >= 11 is 1.88. The van der Waals surface area contributed by atoms with Crippen molar-refractivity contribution in [1.29, 1.82) is 0 Å². The molecule has 0 bridgehead atoms. The summed E-state index contributed by atoms with van der Waals surface area (Å²) in [6, 6.07) is 0. The molecule has 0 amide bonds. The molecule has 0 spiro atoms. The van der Waals surface area contributed by atoms with Gasteiger partial charge in [0.05, 0.1) is 0 Å². The van der Waals surface area contributed by atoms with Crippen molar-refractivity contribution in [1.82, 2.24) is 5.32 Å². The summed E-state index contributed by atoms with van der Waals surface area (Å²) in [6.45, 7) is 4.16. The van der Waals surface area contributed by atoms with Crippen LogP contribution in [-0.2, 0) is 12.8 Å². The highest BCUT2D eigenvalue weighted by atomic mass is 32.1. The van der Waals surface area contributed by atoms with Crippen LogP contribution < -0.4 is 10.1 Å². The lowest BCUT2D eigenvalue weighted by Gasteiger charge is -2.39. The summed E-state index contributed by atoms with van der Waals surface area (Å²) in [4.78, 5) is 1.56.